The number of amides is 1. The number of halogens is 3. The average molecular weight is 400 g/mol. The molecule has 2 aliphatic rings. The number of benzene rings is 1. The highest BCUT2D eigenvalue weighted by Gasteiger charge is 2.32. The summed E-state index contributed by atoms with van der Waals surface area (Å²) in [5.74, 6) is -4.51. The quantitative estimate of drug-likeness (QED) is 0.455. The number of anilines is 1. The Balaban J connectivity index is 1.53. The van der Waals surface area contributed by atoms with Gasteiger partial charge in [0.2, 0.25) is 5.91 Å². The third-order valence-corrected chi connectivity index (χ3v) is 4.70. The first kappa shape index (κ1) is 20.4. The molecule has 0 aromatic heterocycles. The van der Waals surface area contributed by atoms with Gasteiger partial charge in [-0.3, -0.25) is 9.79 Å². The van der Waals surface area contributed by atoms with Crippen LogP contribution in [-0.4, -0.2) is 68.9 Å². The van der Waals surface area contributed by atoms with Crippen molar-refractivity contribution in [2.45, 2.75) is 25.0 Å². The molecule has 0 spiro atoms. The topological polar surface area (TPSA) is 75.2 Å². The summed E-state index contributed by atoms with van der Waals surface area (Å²) < 4.78 is 51.3. The molecule has 1 amide bonds. The molecule has 1 aromatic carbocycles. The van der Waals surface area contributed by atoms with E-state index >= 15 is 0 Å². The van der Waals surface area contributed by atoms with Crippen molar-refractivity contribution in [2.75, 3.05) is 45.2 Å². The number of guanidine groups is 1. The number of rotatable bonds is 4. The van der Waals surface area contributed by atoms with E-state index in [4.69, 9.17) is 9.47 Å². The molecule has 2 saturated heterocycles. The van der Waals surface area contributed by atoms with Crippen LogP contribution in [0.2, 0.25) is 0 Å². The fraction of sp³-hybridized carbons (Fsp3) is 0.556. The Bertz CT molecular complexity index is 741. The average Bonchev–Trinajstić information content (AvgIpc) is 3.24. The first-order valence-corrected chi connectivity index (χ1v) is 9.11. The minimum absolute atomic E-state index is 0.0561. The minimum Gasteiger partial charge on any atom is -0.375 e. The van der Waals surface area contributed by atoms with Crippen LogP contribution in [0, 0.1) is 17.5 Å². The molecular formula is C18H23F3N4O3. The second kappa shape index (κ2) is 9.24. The van der Waals surface area contributed by atoms with Crippen LogP contribution in [0.4, 0.5) is 18.9 Å². The third kappa shape index (κ3) is 4.74. The Hall–Kier alpha value is -2.33. The van der Waals surface area contributed by atoms with Gasteiger partial charge < -0.3 is 25.0 Å². The van der Waals surface area contributed by atoms with Crippen molar-refractivity contribution < 1.29 is 27.4 Å². The molecule has 0 bridgehead atoms. The summed E-state index contributed by atoms with van der Waals surface area (Å²) in [5.41, 5.74) is -0.425. The molecule has 0 aliphatic carbocycles. The van der Waals surface area contributed by atoms with Gasteiger partial charge in [0, 0.05) is 26.7 Å². The van der Waals surface area contributed by atoms with Crippen LogP contribution < -0.4 is 10.6 Å². The van der Waals surface area contributed by atoms with Gasteiger partial charge in [0.15, 0.2) is 23.4 Å². The molecule has 154 valence electrons. The molecule has 0 saturated carbocycles. The van der Waals surface area contributed by atoms with Crippen molar-refractivity contribution in [3.05, 3.63) is 29.6 Å². The largest absolute Gasteiger partial charge is 0.375 e. The maximum atomic E-state index is 13.7. The zero-order valence-electron chi connectivity index (χ0n) is 15.5. The summed E-state index contributed by atoms with van der Waals surface area (Å²) in [6.45, 7) is 2.20. The van der Waals surface area contributed by atoms with Gasteiger partial charge in [-0.25, -0.2) is 13.2 Å². The fourth-order valence-electron chi connectivity index (χ4n) is 3.30. The molecule has 3 rings (SSSR count). The maximum absolute atomic E-state index is 13.7. The van der Waals surface area contributed by atoms with Crippen molar-refractivity contribution in [3.63, 3.8) is 0 Å². The number of aliphatic imine (C=N–C) groups is 1. The van der Waals surface area contributed by atoms with Crippen LogP contribution in [0.15, 0.2) is 17.1 Å². The normalized spacial score (nSPS) is 23.0. The number of morpholine rings is 1. The van der Waals surface area contributed by atoms with Gasteiger partial charge in [0.1, 0.15) is 6.10 Å². The lowest BCUT2D eigenvalue weighted by molar-refractivity contribution is -0.115. The van der Waals surface area contributed by atoms with Gasteiger partial charge in [-0.05, 0) is 25.0 Å². The lowest BCUT2D eigenvalue weighted by Gasteiger charge is -2.37. The highest BCUT2D eigenvalue weighted by molar-refractivity contribution is 5.95. The van der Waals surface area contributed by atoms with E-state index in [1.807, 2.05) is 4.90 Å². The van der Waals surface area contributed by atoms with Crippen LogP contribution >= 0.6 is 0 Å². The third-order valence-electron chi connectivity index (χ3n) is 4.70. The molecule has 0 radical (unpaired) electrons. The fourth-order valence-corrected chi connectivity index (χ4v) is 3.30. The van der Waals surface area contributed by atoms with Crippen LogP contribution in [-0.2, 0) is 14.3 Å². The lowest BCUT2D eigenvalue weighted by Crippen LogP contribution is -2.54. The zero-order chi connectivity index (χ0) is 20.1. The molecule has 2 fully saturated rings. The van der Waals surface area contributed by atoms with Crippen LogP contribution in [0.3, 0.4) is 0 Å². The molecule has 1 aromatic rings. The summed E-state index contributed by atoms with van der Waals surface area (Å²) >= 11 is 0. The summed E-state index contributed by atoms with van der Waals surface area (Å²) in [6.07, 6.45) is 1.95. The van der Waals surface area contributed by atoms with Crippen molar-refractivity contribution in [1.29, 1.82) is 0 Å². The smallest absolute Gasteiger partial charge is 0.243 e. The minimum atomic E-state index is -1.63. The van der Waals surface area contributed by atoms with Gasteiger partial charge in [-0.15, -0.1) is 0 Å². The Kier molecular flexibility index (Phi) is 6.74. The highest BCUT2D eigenvalue weighted by atomic mass is 19.2. The second-order valence-corrected chi connectivity index (χ2v) is 6.58. The molecule has 2 atom stereocenters. The number of nitrogens with zero attached hydrogens (tertiary/aromatic N) is 2. The number of nitrogens with one attached hydrogen (secondary N) is 2. The van der Waals surface area contributed by atoms with Crippen LogP contribution in [0.25, 0.3) is 0 Å². The van der Waals surface area contributed by atoms with E-state index in [9.17, 15) is 18.0 Å². The Morgan fingerprint density at radius 3 is 2.71 bits per heavy atom. The first-order chi connectivity index (χ1) is 13.5. The number of hydrogen-bond donors (Lipinski definition) is 2. The van der Waals surface area contributed by atoms with Crippen LogP contribution in [0.5, 0.6) is 0 Å². The van der Waals surface area contributed by atoms with Gasteiger partial charge >= 0.3 is 0 Å². The first-order valence-electron chi connectivity index (χ1n) is 9.11. The zero-order valence-corrected chi connectivity index (χ0v) is 15.5. The van der Waals surface area contributed by atoms with Crippen molar-refractivity contribution in [2.24, 2.45) is 4.99 Å². The molecule has 10 heteroatoms. The molecule has 28 heavy (non-hydrogen) atoms. The molecule has 2 heterocycles. The summed E-state index contributed by atoms with van der Waals surface area (Å²) in [5, 5.41) is 5.11. The number of carbonyl (C=O) groups excluding carboxylic acids is 1. The van der Waals surface area contributed by atoms with E-state index in [1.165, 1.54) is 0 Å². The number of ether oxygens (including phenoxy) is 2. The summed E-state index contributed by atoms with van der Waals surface area (Å²) in [6, 6.07) is 1.72. The van der Waals surface area contributed by atoms with E-state index < -0.39 is 29.0 Å². The Morgan fingerprint density at radius 1 is 1.21 bits per heavy atom. The molecule has 7 nitrogen and oxygen atoms in total. The van der Waals surface area contributed by atoms with E-state index in [1.54, 1.807) is 7.05 Å². The number of hydrogen-bond acceptors (Lipinski definition) is 4. The number of carbonyl (C=O) groups is 1. The van der Waals surface area contributed by atoms with Crippen molar-refractivity contribution in [3.8, 4) is 0 Å². The second-order valence-electron chi connectivity index (χ2n) is 6.58. The van der Waals surface area contributed by atoms with E-state index in [0.717, 1.165) is 31.6 Å². The Labute approximate surface area is 160 Å². The van der Waals surface area contributed by atoms with E-state index in [-0.39, 0.29) is 18.8 Å². The summed E-state index contributed by atoms with van der Waals surface area (Å²) in [7, 11) is 1.59. The van der Waals surface area contributed by atoms with E-state index in [0.29, 0.717) is 25.7 Å². The lowest BCUT2D eigenvalue weighted by atomic mass is 10.1. The monoisotopic (exact) mass is 400 g/mol. The van der Waals surface area contributed by atoms with Gasteiger partial charge in [-0.1, -0.05) is 0 Å². The van der Waals surface area contributed by atoms with Crippen molar-refractivity contribution in [1.82, 2.24) is 10.2 Å². The maximum Gasteiger partial charge on any atom is 0.243 e. The Morgan fingerprint density at radius 2 is 2.00 bits per heavy atom. The predicted octanol–water partition coefficient (Wildman–Crippen LogP) is 1.50. The predicted molar refractivity (Wildman–Crippen MR) is 96.6 cm³/mol. The van der Waals surface area contributed by atoms with Gasteiger partial charge in [-0.2, -0.15) is 0 Å². The molecular weight excluding hydrogens is 377 g/mol. The SMILES string of the molecule is CN=C(NCC(=O)Nc1ccc(F)c(F)c1F)N1CCOC(C2CCCO2)C1. The van der Waals surface area contributed by atoms with Gasteiger partial charge in [0.25, 0.3) is 0 Å². The van der Waals surface area contributed by atoms with Crippen LogP contribution in [0.1, 0.15) is 12.8 Å². The van der Waals surface area contributed by atoms with Gasteiger partial charge in [0.05, 0.1) is 24.9 Å². The highest BCUT2D eigenvalue weighted by Crippen LogP contribution is 2.21. The van der Waals surface area contributed by atoms with Crippen molar-refractivity contribution >= 4 is 17.6 Å². The summed E-state index contributed by atoms with van der Waals surface area (Å²) in [4.78, 5) is 18.2. The van der Waals surface area contributed by atoms with E-state index in [2.05, 4.69) is 15.6 Å². The standard InChI is InChI=1S/C18H23F3N4O3/c1-22-18(25-6-8-28-14(10-25)13-3-2-7-27-13)23-9-15(26)24-12-5-4-11(19)16(20)17(12)21/h4-5,13-14H,2-3,6-10H2,1H3,(H,22,23)(H,24,26). The molecule has 2 aliphatic heterocycles. The molecule has 2 unspecified atom stereocenters. The molecule has 2 N–H and O–H groups in total.